The van der Waals surface area contributed by atoms with Gasteiger partial charge in [-0.1, -0.05) is 19.1 Å². The maximum atomic E-state index is 12.9. The van der Waals surface area contributed by atoms with E-state index in [1.807, 2.05) is 6.92 Å². The number of carbonyl (C=O) groups excluding carboxylic acids is 1. The minimum absolute atomic E-state index is 0.000917. The van der Waals surface area contributed by atoms with Gasteiger partial charge < -0.3 is 10.1 Å². The highest BCUT2D eigenvalue weighted by molar-refractivity contribution is 5.92. The molecule has 0 spiro atoms. The molecule has 9 heteroatoms. The highest BCUT2D eigenvalue weighted by Gasteiger charge is 2.30. The van der Waals surface area contributed by atoms with Crippen LogP contribution in [0.15, 0.2) is 48.7 Å². The smallest absolute Gasteiger partial charge is 0.416 e. The lowest BCUT2D eigenvalue weighted by molar-refractivity contribution is -0.137. The first kappa shape index (κ1) is 19.4. The Balaban J connectivity index is 1.72. The van der Waals surface area contributed by atoms with Gasteiger partial charge in [0.2, 0.25) is 5.88 Å². The van der Waals surface area contributed by atoms with Crippen molar-refractivity contribution in [3.05, 3.63) is 71.2 Å². The molecule has 3 rings (SSSR count). The highest BCUT2D eigenvalue weighted by Crippen LogP contribution is 2.32. The van der Waals surface area contributed by atoms with Gasteiger partial charge in [-0.3, -0.25) is 9.89 Å². The summed E-state index contributed by atoms with van der Waals surface area (Å²) in [4.78, 5) is 16.2. The maximum absolute atomic E-state index is 12.9. The van der Waals surface area contributed by atoms with E-state index >= 15 is 0 Å². The normalized spacial score (nSPS) is 11.3. The first-order valence-electron chi connectivity index (χ1n) is 8.48. The van der Waals surface area contributed by atoms with Crippen LogP contribution < -0.4 is 10.1 Å². The standard InChI is InChI=1S/C19H17F3N4O2/c1-2-14-10-16(26-25-14)17(27)24-11-12-5-4-8-23-18(12)28-15-7-3-6-13(9-15)19(20,21)22/h3-10H,2,11H2,1H3,(H,24,27)(H,25,26). The molecule has 0 aliphatic heterocycles. The molecule has 2 N–H and O–H groups in total. The monoisotopic (exact) mass is 390 g/mol. The van der Waals surface area contributed by atoms with Crippen LogP contribution in [0.1, 0.15) is 34.2 Å². The SMILES string of the molecule is CCc1cc(C(=O)NCc2cccnc2Oc2cccc(C(F)(F)F)c2)n[nH]1. The zero-order chi connectivity index (χ0) is 20.1. The van der Waals surface area contributed by atoms with Crippen LogP contribution in [0.5, 0.6) is 11.6 Å². The fourth-order valence-corrected chi connectivity index (χ4v) is 2.42. The molecular weight excluding hydrogens is 373 g/mol. The number of nitrogens with zero attached hydrogens (tertiary/aromatic N) is 2. The van der Waals surface area contributed by atoms with Gasteiger partial charge in [-0.15, -0.1) is 0 Å². The zero-order valence-corrected chi connectivity index (χ0v) is 14.9. The molecule has 0 aliphatic rings. The van der Waals surface area contributed by atoms with Crippen LogP contribution in [-0.2, 0) is 19.1 Å². The van der Waals surface area contributed by atoms with Gasteiger partial charge in [0.25, 0.3) is 5.91 Å². The molecule has 1 aromatic carbocycles. The third-order valence-electron chi connectivity index (χ3n) is 3.91. The number of nitrogens with one attached hydrogen (secondary N) is 2. The number of aromatic nitrogens is 3. The van der Waals surface area contributed by atoms with Gasteiger partial charge in [0.15, 0.2) is 0 Å². The Hall–Kier alpha value is -3.36. The molecule has 0 aliphatic carbocycles. The third kappa shape index (κ3) is 4.67. The number of aryl methyl sites for hydroxylation is 1. The molecule has 2 heterocycles. The van der Waals surface area contributed by atoms with E-state index < -0.39 is 11.7 Å². The van der Waals surface area contributed by atoms with Crippen molar-refractivity contribution in [1.82, 2.24) is 20.5 Å². The van der Waals surface area contributed by atoms with Crippen LogP contribution in [0.3, 0.4) is 0 Å². The molecule has 6 nitrogen and oxygen atoms in total. The summed E-state index contributed by atoms with van der Waals surface area (Å²) in [6, 6.07) is 9.47. The van der Waals surface area contributed by atoms with E-state index in [9.17, 15) is 18.0 Å². The summed E-state index contributed by atoms with van der Waals surface area (Å²) >= 11 is 0. The number of aromatic amines is 1. The quantitative estimate of drug-likeness (QED) is 0.664. The first-order valence-corrected chi connectivity index (χ1v) is 8.48. The van der Waals surface area contributed by atoms with Crippen molar-refractivity contribution in [3.63, 3.8) is 0 Å². The predicted octanol–water partition coefficient (Wildman–Crippen LogP) is 4.11. The first-order chi connectivity index (χ1) is 13.4. The number of benzene rings is 1. The van der Waals surface area contributed by atoms with Crippen molar-refractivity contribution >= 4 is 5.91 Å². The van der Waals surface area contributed by atoms with Crippen molar-refractivity contribution in [3.8, 4) is 11.6 Å². The minimum Gasteiger partial charge on any atom is -0.439 e. The maximum Gasteiger partial charge on any atom is 0.416 e. The summed E-state index contributed by atoms with van der Waals surface area (Å²) in [6.45, 7) is 2.01. The van der Waals surface area contributed by atoms with Gasteiger partial charge in [-0.2, -0.15) is 18.3 Å². The number of hydrogen-bond donors (Lipinski definition) is 2. The Morgan fingerprint density at radius 3 is 2.75 bits per heavy atom. The van der Waals surface area contributed by atoms with Crippen molar-refractivity contribution in [2.75, 3.05) is 0 Å². The highest BCUT2D eigenvalue weighted by atomic mass is 19.4. The van der Waals surface area contributed by atoms with Gasteiger partial charge in [-0.05, 0) is 36.8 Å². The summed E-state index contributed by atoms with van der Waals surface area (Å²) in [5.74, 6) is -0.274. The van der Waals surface area contributed by atoms with Crippen LogP contribution in [0, 0.1) is 0 Å². The molecule has 3 aromatic rings. The van der Waals surface area contributed by atoms with Crippen LogP contribution in [0.4, 0.5) is 13.2 Å². The average molecular weight is 390 g/mol. The zero-order valence-electron chi connectivity index (χ0n) is 14.9. The molecule has 0 saturated heterocycles. The molecule has 0 fully saturated rings. The lowest BCUT2D eigenvalue weighted by Gasteiger charge is -2.12. The molecule has 0 bridgehead atoms. The summed E-state index contributed by atoms with van der Waals surface area (Å²) in [6.07, 6.45) is -2.30. The summed E-state index contributed by atoms with van der Waals surface area (Å²) in [5, 5.41) is 9.38. The van der Waals surface area contributed by atoms with Crippen molar-refractivity contribution < 1.29 is 22.7 Å². The topological polar surface area (TPSA) is 79.9 Å². The molecule has 0 unspecified atom stereocenters. The number of H-pyrrole nitrogens is 1. The van der Waals surface area contributed by atoms with E-state index in [2.05, 4.69) is 20.5 Å². The Bertz CT molecular complexity index is 970. The number of halogens is 3. The van der Waals surface area contributed by atoms with Crippen molar-refractivity contribution in [2.45, 2.75) is 26.1 Å². The van der Waals surface area contributed by atoms with E-state index in [-0.39, 0.29) is 29.8 Å². The fraction of sp³-hybridized carbons (Fsp3) is 0.211. The number of ether oxygens (including phenoxy) is 1. The molecular formula is C19H17F3N4O2. The number of pyridine rings is 1. The molecule has 2 aromatic heterocycles. The molecule has 0 atom stereocenters. The van der Waals surface area contributed by atoms with Crippen molar-refractivity contribution in [2.24, 2.45) is 0 Å². The number of rotatable bonds is 6. The number of hydrogen-bond acceptors (Lipinski definition) is 4. The van der Waals surface area contributed by atoms with Gasteiger partial charge in [0.05, 0.1) is 5.56 Å². The van der Waals surface area contributed by atoms with Crippen LogP contribution in [0.2, 0.25) is 0 Å². The molecule has 146 valence electrons. The minimum atomic E-state index is -4.47. The van der Waals surface area contributed by atoms with Crippen LogP contribution >= 0.6 is 0 Å². The Morgan fingerprint density at radius 1 is 1.21 bits per heavy atom. The second kappa shape index (κ2) is 8.12. The number of alkyl halides is 3. The Labute approximate surface area is 158 Å². The summed E-state index contributed by atoms with van der Waals surface area (Å²) < 4.78 is 44.1. The largest absolute Gasteiger partial charge is 0.439 e. The average Bonchev–Trinajstić information content (AvgIpc) is 3.16. The van der Waals surface area contributed by atoms with E-state index in [1.54, 1.807) is 18.2 Å². The van der Waals surface area contributed by atoms with E-state index in [1.165, 1.54) is 18.3 Å². The van der Waals surface area contributed by atoms with E-state index in [0.717, 1.165) is 24.2 Å². The second-order valence-corrected chi connectivity index (χ2v) is 5.91. The van der Waals surface area contributed by atoms with E-state index in [4.69, 9.17) is 4.74 Å². The molecule has 0 saturated carbocycles. The van der Waals surface area contributed by atoms with Crippen LogP contribution in [-0.4, -0.2) is 21.1 Å². The molecule has 28 heavy (non-hydrogen) atoms. The fourth-order valence-electron chi connectivity index (χ4n) is 2.42. The summed E-state index contributed by atoms with van der Waals surface area (Å²) in [5.41, 5.74) is 0.779. The third-order valence-corrected chi connectivity index (χ3v) is 3.91. The van der Waals surface area contributed by atoms with Gasteiger partial charge in [0, 0.05) is 24.0 Å². The van der Waals surface area contributed by atoms with E-state index in [0.29, 0.717) is 5.56 Å². The lowest BCUT2D eigenvalue weighted by atomic mass is 10.2. The lowest BCUT2D eigenvalue weighted by Crippen LogP contribution is -2.23. The van der Waals surface area contributed by atoms with Crippen LogP contribution in [0.25, 0.3) is 0 Å². The Morgan fingerprint density at radius 2 is 2.04 bits per heavy atom. The molecule has 1 amide bonds. The summed E-state index contributed by atoms with van der Waals surface area (Å²) in [7, 11) is 0. The van der Waals surface area contributed by atoms with Gasteiger partial charge in [-0.25, -0.2) is 4.98 Å². The number of amides is 1. The number of carbonyl (C=O) groups is 1. The Kier molecular flexibility index (Phi) is 5.62. The molecule has 0 radical (unpaired) electrons. The predicted molar refractivity (Wildman–Crippen MR) is 94.9 cm³/mol. The van der Waals surface area contributed by atoms with Crippen molar-refractivity contribution in [1.29, 1.82) is 0 Å². The van der Waals surface area contributed by atoms with Gasteiger partial charge in [0.1, 0.15) is 11.4 Å². The van der Waals surface area contributed by atoms with Gasteiger partial charge >= 0.3 is 6.18 Å². The second-order valence-electron chi connectivity index (χ2n) is 5.91.